The number of rotatable bonds is 4. The average molecular weight is 362 g/mol. The first kappa shape index (κ1) is 17.2. The van der Waals surface area contributed by atoms with Crippen LogP contribution in [0.5, 0.6) is 0 Å². The quantitative estimate of drug-likeness (QED) is 0.667. The predicted octanol–water partition coefficient (Wildman–Crippen LogP) is 3.34. The maximum atomic E-state index is 12.6. The first-order valence-electron chi connectivity index (χ1n) is 7.73. The van der Waals surface area contributed by atoms with E-state index in [9.17, 15) is 14.9 Å². The molecule has 130 valence electrons. The summed E-state index contributed by atoms with van der Waals surface area (Å²) in [5.41, 5.74) is 1.09. The van der Waals surface area contributed by atoms with E-state index in [1.807, 2.05) is 0 Å². The maximum Gasteiger partial charge on any atom is 0.282 e. The normalized spacial score (nSPS) is 14.2. The number of anilines is 2. The first-order chi connectivity index (χ1) is 12.1. The Labute approximate surface area is 149 Å². The van der Waals surface area contributed by atoms with Crippen LogP contribution in [-0.2, 0) is 4.74 Å². The number of hydrogen-bond donors (Lipinski definition) is 1. The lowest BCUT2D eigenvalue weighted by Crippen LogP contribution is -2.36. The summed E-state index contributed by atoms with van der Waals surface area (Å²) >= 11 is 6.10. The minimum atomic E-state index is -0.570. The molecule has 0 spiro atoms. The van der Waals surface area contributed by atoms with Gasteiger partial charge < -0.3 is 15.0 Å². The van der Waals surface area contributed by atoms with E-state index in [1.54, 1.807) is 24.3 Å². The summed E-state index contributed by atoms with van der Waals surface area (Å²) in [7, 11) is 0. The molecule has 7 nitrogen and oxygen atoms in total. The van der Waals surface area contributed by atoms with E-state index in [2.05, 4.69) is 10.2 Å². The lowest BCUT2D eigenvalue weighted by atomic mass is 10.1. The van der Waals surface area contributed by atoms with Crippen LogP contribution >= 0.6 is 11.6 Å². The van der Waals surface area contributed by atoms with Crippen molar-refractivity contribution >= 4 is 34.6 Å². The van der Waals surface area contributed by atoms with Crippen LogP contribution in [0, 0.1) is 10.1 Å². The van der Waals surface area contributed by atoms with Gasteiger partial charge in [-0.05, 0) is 24.3 Å². The molecule has 0 saturated carbocycles. The third-order valence-corrected chi connectivity index (χ3v) is 4.14. The highest BCUT2D eigenvalue weighted by Crippen LogP contribution is 2.31. The summed E-state index contributed by atoms with van der Waals surface area (Å²) in [4.78, 5) is 25.2. The molecule has 3 rings (SSSR count). The summed E-state index contributed by atoms with van der Waals surface area (Å²) in [6.45, 7) is 2.53. The van der Waals surface area contributed by atoms with Crippen LogP contribution in [0.2, 0.25) is 5.02 Å². The largest absolute Gasteiger partial charge is 0.378 e. The summed E-state index contributed by atoms with van der Waals surface area (Å²) in [6.07, 6.45) is 0. The van der Waals surface area contributed by atoms with E-state index in [4.69, 9.17) is 16.3 Å². The molecular formula is C17H16ClN3O4. The van der Waals surface area contributed by atoms with Crippen molar-refractivity contribution in [1.82, 2.24) is 0 Å². The second kappa shape index (κ2) is 7.50. The van der Waals surface area contributed by atoms with Crippen molar-refractivity contribution in [1.29, 1.82) is 0 Å². The average Bonchev–Trinajstić information content (AvgIpc) is 2.63. The van der Waals surface area contributed by atoms with Gasteiger partial charge >= 0.3 is 0 Å². The monoisotopic (exact) mass is 361 g/mol. The molecule has 1 aliphatic rings. The zero-order valence-corrected chi connectivity index (χ0v) is 14.0. The number of benzene rings is 2. The highest BCUT2D eigenvalue weighted by Gasteiger charge is 2.22. The Kier molecular flexibility index (Phi) is 5.16. The Balaban J connectivity index is 1.90. The Morgan fingerprint density at radius 2 is 1.92 bits per heavy atom. The van der Waals surface area contributed by atoms with Crippen molar-refractivity contribution in [2.45, 2.75) is 0 Å². The minimum absolute atomic E-state index is 0.00961. The molecule has 8 heteroatoms. The molecule has 2 aromatic rings. The predicted molar refractivity (Wildman–Crippen MR) is 95.5 cm³/mol. The van der Waals surface area contributed by atoms with Crippen molar-refractivity contribution in [2.75, 3.05) is 36.5 Å². The Hall–Kier alpha value is -2.64. The molecule has 2 aromatic carbocycles. The lowest BCUT2D eigenvalue weighted by molar-refractivity contribution is -0.385. The number of halogens is 1. The third kappa shape index (κ3) is 3.89. The van der Waals surface area contributed by atoms with Crippen molar-refractivity contribution in [3.05, 3.63) is 63.2 Å². The Morgan fingerprint density at radius 3 is 2.64 bits per heavy atom. The number of nitro benzene ring substituents is 1. The van der Waals surface area contributed by atoms with E-state index >= 15 is 0 Å². The van der Waals surface area contributed by atoms with Gasteiger partial charge in [0.15, 0.2) is 0 Å². The van der Waals surface area contributed by atoms with Crippen molar-refractivity contribution in [2.24, 2.45) is 0 Å². The van der Waals surface area contributed by atoms with E-state index < -0.39 is 10.8 Å². The van der Waals surface area contributed by atoms with Crippen molar-refractivity contribution in [3.63, 3.8) is 0 Å². The molecule has 25 heavy (non-hydrogen) atoms. The van der Waals surface area contributed by atoms with Gasteiger partial charge in [0.2, 0.25) is 0 Å². The lowest BCUT2D eigenvalue weighted by Gasteiger charge is -2.30. The fourth-order valence-corrected chi connectivity index (χ4v) is 2.86. The Bertz CT molecular complexity index is 806. The van der Waals surface area contributed by atoms with Crippen molar-refractivity contribution in [3.8, 4) is 0 Å². The molecule has 0 unspecified atom stereocenters. The number of nitro groups is 1. The number of amides is 1. The van der Waals surface area contributed by atoms with Crippen LogP contribution in [0.3, 0.4) is 0 Å². The van der Waals surface area contributed by atoms with Gasteiger partial charge in [-0.3, -0.25) is 14.9 Å². The highest BCUT2D eigenvalue weighted by molar-refractivity contribution is 6.31. The van der Waals surface area contributed by atoms with Gasteiger partial charge in [0.25, 0.3) is 11.6 Å². The van der Waals surface area contributed by atoms with E-state index in [0.717, 1.165) is 5.69 Å². The number of nitrogens with one attached hydrogen (secondary N) is 1. The van der Waals surface area contributed by atoms with Gasteiger partial charge in [0.05, 0.1) is 29.5 Å². The van der Waals surface area contributed by atoms with Crippen LogP contribution in [0.15, 0.2) is 42.5 Å². The number of morpholine rings is 1. The van der Waals surface area contributed by atoms with Gasteiger partial charge in [0.1, 0.15) is 5.56 Å². The maximum absolute atomic E-state index is 12.6. The van der Waals surface area contributed by atoms with E-state index in [1.165, 1.54) is 18.2 Å². The van der Waals surface area contributed by atoms with E-state index in [-0.39, 0.29) is 11.3 Å². The Morgan fingerprint density at radius 1 is 1.20 bits per heavy atom. The molecule has 1 heterocycles. The SMILES string of the molecule is O=C(Nc1ccc(Cl)cc1N1CCOCC1)c1ccccc1[N+](=O)[O-]. The number of para-hydroxylation sites is 1. The standard InChI is InChI=1S/C17H16ClN3O4/c18-12-5-6-14(16(11-12)20-7-9-25-10-8-20)19-17(22)13-3-1-2-4-15(13)21(23)24/h1-6,11H,7-10H2,(H,19,22). The number of carbonyl (C=O) groups excluding carboxylic acids is 1. The molecule has 0 atom stereocenters. The summed E-state index contributed by atoms with van der Waals surface area (Å²) in [5, 5.41) is 14.4. The molecule has 0 aromatic heterocycles. The molecule has 0 radical (unpaired) electrons. The van der Waals surface area contributed by atoms with Crippen molar-refractivity contribution < 1.29 is 14.5 Å². The van der Waals surface area contributed by atoms with Gasteiger partial charge in [-0.2, -0.15) is 0 Å². The molecule has 1 N–H and O–H groups in total. The third-order valence-electron chi connectivity index (χ3n) is 3.91. The minimum Gasteiger partial charge on any atom is -0.378 e. The second-order valence-electron chi connectivity index (χ2n) is 5.49. The second-order valence-corrected chi connectivity index (χ2v) is 5.93. The van der Waals surface area contributed by atoms with Gasteiger partial charge in [0, 0.05) is 24.2 Å². The number of nitrogens with zero attached hydrogens (tertiary/aromatic N) is 2. The fraction of sp³-hybridized carbons (Fsp3) is 0.235. The molecule has 1 saturated heterocycles. The number of hydrogen-bond acceptors (Lipinski definition) is 5. The number of ether oxygens (including phenoxy) is 1. The molecule has 1 aliphatic heterocycles. The zero-order valence-electron chi connectivity index (χ0n) is 13.3. The van der Waals surface area contributed by atoms with E-state index in [0.29, 0.717) is 37.0 Å². The topological polar surface area (TPSA) is 84.7 Å². The summed E-state index contributed by atoms with van der Waals surface area (Å²) in [5.74, 6) is -0.538. The zero-order chi connectivity index (χ0) is 17.8. The van der Waals surface area contributed by atoms with Crippen LogP contribution in [0.1, 0.15) is 10.4 Å². The molecule has 0 aliphatic carbocycles. The van der Waals surface area contributed by atoms with Crippen LogP contribution in [-0.4, -0.2) is 37.1 Å². The van der Waals surface area contributed by atoms with Gasteiger partial charge in [-0.15, -0.1) is 0 Å². The smallest absolute Gasteiger partial charge is 0.282 e. The molecular weight excluding hydrogens is 346 g/mol. The fourth-order valence-electron chi connectivity index (χ4n) is 2.69. The van der Waals surface area contributed by atoms with Crippen LogP contribution < -0.4 is 10.2 Å². The number of carbonyl (C=O) groups is 1. The van der Waals surface area contributed by atoms with Gasteiger partial charge in [-0.1, -0.05) is 23.7 Å². The van der Waals surface area contributed by atoms with Crippen LogP contribution in [0.4, 0.5) is 17.1 Å². The molecule has 1 amide bonds. The van der Waals surface area contributed by atoms with Crippen LogP contribution in [0.25, 0.3) is 0 Å². The highest BCUT2D eigenvalue weighted by atomic mass is 35.5. The summed E-state index contributed by atoms with van der Waals surface area (Å²) in [6, 6.07) is 11.0. The summed E-state index contributed by atoms with van der Waals surface area (Å²) < 4.78 is 5.35. The molecule has 0 bridgehead atoms. The first-order valence-corrected chi connectivity index (χ1v) is 8.11. The van der Waals surface area contributed by atoms with Gasteiger partial charge in [-0.25, -0.2) is 0 Å². The molecule has 1 fully saturated rings.